The van der Waals surface area contributed by atoms with Crippen LogP contribution in [-0.4, -0.2) is 35.8 Å². The van der Waals surface area contributed by atoms with Crippen LogP contribution in [0.4, 0.5) is 17.2 Å². The van der Waals surface area contributed by atoms with Gasteiger partial charge in [-0.05, 0) is 74.7 Å². The molecule has 0 saturated carbocycles. The summed E-state index contributed by atoms with van der Waals surface area (Å²) in [6, 6.07) is 18.3. The lowest BCUT2D eigenvalue weighted by molar-refractivity contribution is -0.113. The summed E-state index contributed by atoms with van der Waals surface area (Å²) in [6.45, 7) is 7.75. The molecule has 4 aromatic rings. The van der Waals surface area contributed by atoms with E-state index < -0.39 is 6.04 Å². The molecule has 0 saturated heterocycles. The number of methoxy groups -OCH3 is 2. The first-order valence-electron chi connectivity index (χ1n) is 13.2. The Bertz CT molecular complexity index is 1690. The van der Waals surface area contributed by atoms with Crippen molar-refractivity contribution >= 4 is 29.0 Å². The minimum Gasteiger partial charge on any atom is -0.493 e. The van der Waals surface area contributed by atoms with E-state index in [2.05, 4.69) is 21.0 Å². The molecule has 1 aliphatic rings. The Morgan fingerprint density at radius 2 is 1.61 bits per heavy atom. The van der Waals surface area contributed by atoms with Gasteiger partial charge in [0.2, 0.25) is 0 Å². The van der Waals surface area contributed by atoms with E-state index in [1.807, 2.05) is 82.3 Å². The molecule has 0 fully saturated rings. The predicted octanol–water partition coefficient (Wildman–Crippen LogP) is 6.01. The van der Waals surface area contributed by atoms with Crippen LogP contribution in [0.2, 0.25) is 0 Å². The molecule has 2 heterocycles. The van der Waals surface area contributed by atoms with E-state index in [1.54, 1.807) is 25.0 Å². The first kappa shape index (κ1) is 27.5. The van der Waals surface area contributed by atoms with Crippen molar-refractivity contribution in [3.63, 3.8) is 0 Å². The fourth-order valence-electron chi connectivity index (χ4n) is 5.11. The third kappa shape index (κ3) is 5.38. The van der Waals surface area contributed by atoms with E-state index in [0.29, 0.717) is 39.8 Å². The second kappa shape index (κ2) is 11.2. The largest absolute Gasteiger partial charge is 0.493 e. The zero-order chi connectivity index (χ0) is 29.3. The molecule has 5 rings (SSSR count). The number of amides is 2. The van der Waals surface area contributed by atoms with Crippen LogP contribution in [0.15, 0.2) is 78.1 Å². The van der Waals surface area contributed by atoms with E-state index in [0.717, 1.165) is 27.9 Å². The molecule has 9 heteroatoms. The Balaban J connectivity index is 1.58. The minimum absolute atomic E-state index is 0.284. The van der Waals surface area contributed by atoms with E-state index in [9.17, 15) is 9.59 Å². The molecule has 0 radical (unpaired) electrons. The lowest BCUT2D eigenvalue weighted by atomic mass is 9.94. The van der Waals surface area contributed by atoms with Crippen molar-refractivity contribution in [1.82, 2.24) is 9.78 Å². The molecular weight excluding hydrogens is 518 g/mol. The predicted molar refractivity (Wildman–Crippen MR) is 160 cm³/mol. The SMILES string of the molecule is COc1ccc(C2C(C(=O)Nc3ccc(C)cc3C)=C(C)Nc3c(C(=O)Nc4cccc(C)c4)cnn32)cc1OC. The number of anilines is 3. The number of hydrogen-bond donors (Lipinski definition) is 3. The van der Waals surface area contributed by atoms with Crippen molar-refractivity contribution in [1.29, 1.82) is 0 Å². The van der Waals surface area contributed by atoms with Gasteiger partial charge in [0.25, 0.3) is 11.8 Å². The van der Waals surface area contributed by atoms with Crippen LogP contribution >= 0.6 is 0 Å². The van der Waals surface area contributed by atoms with Gasteiger partial charge in [0.15, 0.2) is 11.5 Å². The van der Waals surface area contributed by atoms with Gasteiger partial charge in [-0.25, -0.2) is 4.68 Å². The minimum atomic E-state index is -0.655. The molecule has 1 atom stereocenters. The van der Waals surface area contributed by atoms with Gasteiger partial charge in [-0.3, -0.25) is 9.59 Å². The second-order valence-electron chi connectivity index (χ2n) is 10.1. The smallest absolute Gasteiger partial charge is 0.261 e. The van der Waals surface area contributed by atoms with Gasteiger partial charge in [-0.2, -0.15) is 5.10 Å². The summed E-state index contributed by atoms with van der Waals surface area (Å²) in [5.41, 5.74) is 6.65. The maximum atomic E-state index is 13.9. The molecule has 0 aliphatic carbocycles. The molecule has 1 aliphatic heterocycles. The molecule has 1 aromatic heterocycles. The number of aromatic nitrogens is 2. The first-order chi connectivity index (χ1) is 19.7. The Labute approximate surface area is 239 Å². The first-order valence-corrected chi connectivity index (χ1v) is 13.2. The maximum Gasteiger partial charge on any atom is 0.261 e. The highest BCUT2D eigenvalue weighted by atomic mass is 16.5. The molecule has 210 valence electrons. The number of nitrogens with zero attached hydrogens (tertiary/aromatic N) is 2. The van der Waals surface area contributed by atoms with Crippen molar-refractivity contribution in [2.45, 2.75) is 33.7 Å². The molecule has 0 bridgehead atoms. The summed E-state index contributed by atoms with van der Waals surface area (Å²) in [5, 5.41) is 13.9. The van der Waals surface area contributed by atoms with E-state index in [4.69, 9.17) is 9.47 Å². The number of hydrogen-bond acceptors (Lipinski definition) is 6. The van der Waals surface area contributed by atoms with Crippen molar-refractivity contribution < 1.29 is 19.1 Å². The van der Waals surface area contributed by atoms with Crippen molar-refractivity contribution in [3.05, 3.63) is 106 Å². The van der Waals surface area contributed by atoms with E-state index in [-0.39, 0.29) is 11.8 Å². The highest BCUT2D eigenvalue weighted by molar-refractivity contribution is 6.09. The average molecular weight is 552 g/mol. The highest BCUT2D eigenvalue weighted by Gasteiger charge is 2.36. The number of aryl methyl sites for hydroxylation is 3. The number of ether oxygens (including phenoxy) is 2. The Morgan fingerprint density at radius 1 is 0.854 bits per heavy atom. The Morgan fingerprint density at radius 3 is 2.32 bits per heavy atom. The zero-order valence-corrected chi connectivity index (χ0v) is 24.0. The molecule has 2 amide bonds. The van der Waals surface area contributed by atoms with Crippen LogP contribution in [0, 0.1) is 20.8 Å². The van der Waals surface area contributed by atoms with E-state index >= 15 is 0 Å². The van der Waals surface area contributed by atoms with Crippen LogP contribution in [0.1, 0.15) is 45.6 Å². The molecule has 41 heavy (non-hydrogen) atoms. The van der Waals surface area contributed by atoms with Gasteiger partial charge in [0.05, 0.1) is 26.0 Å². The maximum absolute atomic E-state index is 13.9. The van der Waals surface area contributed by atoms with Gasteiger partial charge in [-0.1, -0.05) is 35.9 Å². The summed E-state index contributed by atoms with van der Waals surface area (Å²) in [4.78, 5) is 27.3. The van der Waals surface area contributed by atoms with Crippen LogP contribution in [-0.2, 0) is 4.79 Å². The molecular formula is C32H33N5O4. The normalized spacial score (nSPS) is 14.1. The number of rotatable bonds is 7. The summed E-state index contributed by atoms with van der Waals surface area (Å²) >= 11 is 0. The third-order valence-electron chi connectivity index (χ3n) is 7.14. The number of carbonyl (C=O) groups is 2. The molecule has 9 nitrogen and oxygen atoms in total. The van der Waals surface area contributed by atoms with Crippen LogP contribution in [0.3, 0.4) is 0 Å². The van der Waals surface area contributed by atoms with Gasteiger partial charge in [0.1, 0.15) is 17.4 Å². The van der Waals surface area contributed by atoms with Crippen molar-refractivity contribution in [2.75, 3.05) is 30.2 Å². The van der Waals surface area contributed by atoms with E-state index in [1.165, 1.54) is 6.20 Å². The molecule has 3 N–H and O–H groups in total. The highest BCUT2D eigenvalue weighted by Crippen LogP contribution is 2.40. The van der Waals surface area contributed by atoms with Crippen LogP contribution < -0.4 is 25.4 Å². The fraction of sp³-hybridized carbons (Fsp3) is 0.219. The number of nitrogens with one attached hydrogen (secondary N) is 3. The summed E-state index contributed by atoms with van der Waals surface area (Å²) in [7, 11) is 3.13. The summed E-state index contributed by atoms with van der Waals surface area (Å²) in [6.07, 6.45) is 1.51. The molecule has 1 unspecified atom stereocenters. The molecule has 0 spiro atoms. The zero-order valence-electron chi connectivity index (χ0n) is 24.0. The number of carbonyl (C=O) groups excluding carboxylic acids is 2. The fourth-order valence-corrected chi connectivity index (χ4v) is 5.11. The molecule has 3 aromatic carbocycles. The van der Waals surface area contributed by atoms with Gasteiger partial charge < -0.3 is 25.4 Å². The van der Waals surface area contributed by atoms with Crippen LogP contribution in [0.5, 0.6) is 11.5 Å². The number of allylic oxidation sites excluding steroid dienone is 1. The van der Waals surface area contributed by atoms with Gasteiger partial charge in [0, 0.05) is 17.1 Å². The van der Waals surface area contributed by atoms with Crippen molar-refractivity contribution in [2.24, 2.45) is 0 Å². The Kier molecular flexibility index (Phi) is 7.52. The number of benzene rings is 3. The summed E-state index contributed by atoms with van der Waals surface area (Å²) < 4.78 is 12.7. The van der Waals surface area contributed by atoms with Gasteiger partial charge in [-0.15, -0.1) is 0 Å². The lowest BCUT2D eigenvalue weighted by Crippen LogP contribution is -2.32. The standard InChI is InChI=1S/C32H33N5O4/c1-18-8-7-9-23(15-18)35-31(38)24-17-33-37-29(22-11-13-26(40-5)27(16-22)41-6)28(21(4)34-30(24)37)32(39)36-25-12-10-19(2)14-20(25)3/h7-17,29,34H,1-6H3,(H,35,38)(H,36,39). The summed E-state index contributed by atoms with van der Waals surface area (Å²) in [5.74, 6) is 0.961. The monoisotopic (exact) mass is 551 g/mol. The average Bonchev–Trinajstić information content (AvgIpc) is 3.37. The van der Waals surface area contributed by atoms with Crippen molar-refractivity contribution in [3.8, 4) is 11.5 Å². The third-order valence-corrected chi connectivity index (χ3v) is 7.14. The topological polar surface area (TPSA) is 107 Å². The number of fused-ring (bicyclic) bond motifs is 1. The van der Waals surface area contributed by atoms with Crippen LogP contribution in [0.25, 0.3) is 0 Å². The van der Waals surface area contributed by atoms with Gasteiger partial charge >= 0.3 is 0 Å². The second-order valence-corrected chi connectivity index (χ2v) is 10.1. The quantitative estimate of drug-likeness (QED) is 0.260. The lowest BCUT2D eigenvalue weighted by Gasteiger charge is -2.30. The Hall–Kier alpha value is -5.05.